The summed E-state index contributed by atoms with van der Waals surface area (Å²) in [6.45, 7) is 2.13. The van der Waals surface area contributed by atoms with E-state index in [0.29, 0.717) is 6.04 Å². The molecule has 102 valence electrons. The smallest absolute Gasteiger partial charge is 0.0329 e. The Morgan fingerprint density at radius 2 is 2.00 bits per heavy atom. The lowest BCUT2D eigenvalue weighted by molar-refractivity contribution is 0.304. The number of thiophene rings is 1. The summed E-state index contributed by atoms with van der Waals surface area (Å²) in [7, 11) is 4.23. The third-order valence-electron chi connectivity index (χ3n) is 3.38. The molecule has 0 saturated carbocycles. The molecule has 0 aliphatic carbocycles. The molecule has 1 aromatic heterocycles. The molecule has 0 spiro atoms. The first-order valence-corrected chi connectivity index (χ1v) is 7.65. The first-order valence-electron chi connectivity index (χ1n) is 6.71. The Hall–Kier alpha value is -1.16. The summed E-state index contributed by atoms with van der Waals surface area (Å²) < 4.78 is 0. The third kappa shape index (κ3) is 4.46. The van der Waals surface area contributed by atoms with Crippen molar-refractivity contribution in [2.24, 2.45) is 0 Å². The highest BCUT2D eigenvalue weighted by atomic mass is 32.1. The summed E-state index contributed by atoms with van der Waals surface area (Å²) >= 11 is 1.77. The normalized spacial score (nSPS) is 12.8. The second-order valence-electron chi connectivity index (χ2n) is 4.91. The van der Waals surface area contributed by atoms with Gasteiger partial charge in [0.2, 0.25) is 0 Å². The quantitative estimate of drug-likeness (QED) is 0.831. The molecule has 1 N–H and O–H groups in total. The molecule has 0 amide bonds. The van der Waals surface area contributed by atoms with Gasteiger partial charge in [-0.15, -0.1) is 0 Å². The molecule has 2 nitrogen and oxygen atoms in total. The standard InChI is InChI=1S/C16H22N2S/c1-17-16(15-6-4-3-5-7-15)8-10-18(2)12-14-9-11-19-13-14/h3-7,9,11,13,16-17H,8,10,12H2,1-2H3. The Morgan fingerprint density at radius 3 is 2.63 bits per heavy atom. The molecule has 0 radical (unpaired) electrons. The van der Waals surface area contributed by atoms with Crippen LogP contribution >= 0.6 is 11.3 Å². The van der Waals surface area contributed by atoms with Crippen molar-refractivity contribution in [3.05, 3.63) is 58.3 Å². The Balaban J connectivity index is 1.83. The SMILES string of the molecule is CNC(CCN(C)Cc1ccsc1)c1ccccc1. The molecule has 0 fully saturated rings. The average molecular weight is 274 g/mol. The molecule has 1 heterocycles. The van der Waals surface area contributed by atoms with Gasteiger partial charge in [-0.1, -0.05) is 30.3 Å². The van der Waals surface area contributed by atoms with Gasteiger partial charge in [0, 0.05) is 12.6 Å². The van der Waals surface area contributed by atoms with Crippen LogP contribution in [0.25, 0.3) is 0 Å². The predicted molar refractivity (Wildman–Crippen MR) is 83.5 cm³/mol. The minimum Gasteiger partial charge on any atom is -0.313 e. The van der Waals surface area contributed by atoms with Gasteiger partial charge in [0.05, 0.1) is 0 Å². The van der Waals surface area contributed by atoms with E-state index >= 15 is 0 Å². The summed E-state index contributed by atoms with van der Waals surface area (Å²) in [5.74, 6) is 0. The topological polar surface area (TPSA) is 15.3 Å². The van der Waals surface area contributed by atoms with Gasteiger partial charge in [0.25, 0.3) is 0 Å². The highest BCUT2D eigenvalue weighted by Gasteiger charge is 2.10. The average Bonchev–Trinajstić information content (AvgIpc) is 2.93. The van der Waals surface area contributed by atoms with E-state index in [-0.39, 0.29) is 0 Å². The fraction of sp³-hybridized carbons (Fsp3) is 0.375. The Morgan fingerprint density at radius 1 is 1.21 bits per heavy atom. The van der Waals surface area contributed by atoms with Crippen LogP contribution in [0.4, 0.5) is 0 Å². The lowest BCUT2D eigenvalue weighted by Gasteiger charge is -2.21. The summed E-state index contributed by atoms with van der Waals surface area (Å²) in [5.41, 5.74) is 2.78. The first-order chi connectivity index (χ1) is 9.29. The van der Waals surface area contributed by atoms with E-state index in [9.17, 15) is 0 Å². The van der Waals surface area contributed by atoms with Gasteiger partial charge < -0.3 is 10.2 Å². The van der Waals surface area contributed by atoms with Crippen LogP contribution in [0.5, 0.6) is 0 Å². The molecular weight excluding hydrogens is 252 g/mol. The van der Waals surface area contributed by atoms with Gasteiger partial charge in [-0.25, -0.2) is 0 Å². The van der Waals surface area contributed by atoms with Gasteiger partial charge in [0.15, 0.2) is 0 Å². The zero-order chi connectivity index (χ0) is 13.5. The zero-order valence-corrected chi connectivity index (χ0v) is 12.5. The number of rotatable bonds is 7. The molecule has 2 rings (SSSR count). The van der Waals surface area contributed by atoms with Gasteiger partial charge in [0.1, 0.15) is 0 Å². The van der Waals surface area contributed by atoms with Crippen molar-refractivity contribution in [1.82, 2.24) is 10.2 Å². The van der Waals surface area contributed by atoms with Crippen LogP contribution in [0.15, 0.2) is 47.2 Å². The maximum Gasteiger partial charge on any atom is 0.0329 e. The molecule has 3 heteroatoms. The van der Waals surface area contributed by atoms with Crippen LogP contribution in [0.3, 0.4) is 0 Å². The van der Waals surface area contributed by atoms with Crippen molar-refractivity contribution in [2.75, 3.05) is 20.6 Å². The van der Waals surface area contributed by atoms with Crippen molar-refractivity contribution in [2.45, 2.75) is 19.0 Å². The van der Waals surface area contributed by atoms with Gasteiger partial charge in [-0.2, -0.15) is 11.3 Å². The van der Waals surface area contributed by atoms with Crippen LogP contribution < -0.4 is 5.32 Å². The molecule has 1 unspecified atom stereocenters. The maximum absolute atomic E-state index is 3.41. The van der Waals surface area contributed by atoms with E-state index in [1.807, 2.05) is 7.05 Å². The zero-order valence-electron chi connectivity index (χ0n) is 11.7. The van der Waals surface area contributed by atoms with Crippen LogP contribution in [-0.2, 0) is 6.54 Å². The number of nitrogens with one attached hydrogen (secondary N) is 1. The minimum atomic E-state index is 0.436. The van der Waals surface area contributed by atoms with Gasteiger partial charge in [-0.05, 0) is 55.0 Å². The second kappa shape index (κ2) is 7.43. The van der Waals surface area contributed by atoms with Gasteiger partial charge in [-0.3, -0.25) is 0 Å². The summed E-state index contributed by atoms with van der Waals surface area (Å²) in [6, 6.07) is 13.3. The lowest BCUT2D eigenvalue weighted by Crippen LogP contribution is -2.25. The van der Waals surface area contributed by atoms with Crippen LogP contribution in [0, 0.1) is 0 Å². The number of hydrogen-bond donors (Lipinski definition) is 1. The van der Waals surface area contributed by atoms with Crippen LogP contribution in [0.2, 0.25) is 0 Å². The molecule has 2 aromatic rings. The van der Waals surface area contributed by atoms with E-state index in [0.717, 1.165) is 19.5 Å². The fourth-order valence-electron chi connectivity index (χ4n) is 2.29. The first kappa shape index (κ1) is 14.3. The third-order valence-corrected chi connectivity index (χ3v) is 4.11. The largest absolute Gasteiger partial charge is 0.313 e. The number of benzene rings is 1. The monoisotopic (exact) mass is 274 g/mol. The molecule has 0 bridgehead atoms. The Labute approximate surface area is 120 Å². The van der Waals surface area contributed by atoms with Crippen molar-refractivity contribution in [1.29, 1.82) is 0 Å². The molecule has 0 aliphatic heterocycles. The van der Waals surface area contributed by atoms with Crippen LogP contribution in [0.1, 0.15) is 23.6 Å². The summed E-state index contributed by atoms with van der Waals surface area (Å²) in [5, 5.41) is 7.78. The Bertz CT molecular complexity index is 453. The fourth-order valence-corrected chi connectivity index (χ4v) is 2.95. The van der Waals surface area contributed by atoms with Crippen LogP contribution in [-0.4, -0.2) is 25.5 Å². The minimum absolute atomic E-state index is 0.436. The number of nitrogens with zero attached hydrogens (tertiary/aromatic N) is 1. The maximum atomic E-state index is 3.41. The number of hydrogen-bond acceptors (Lipinski definition) is 3. The second-order valence-corrected chi connectivity index (χ2v) is 5.69. The van der Waals surface area contributed by atoms with Crippen molar-refractivity contribution in [3.63, 3.8) is 0 Å². The molecule has 1 aromatic carbocycles. The molecule has 0 aliphatic rings. The van der Waals surface area contributed by atoms with E-state index in [2.05, 4.69) is 64.4 Å². The van der Waals surface area contributed by atoms with E-state index in [1.54, 1.807) is 11.3 Å². The highest BCUT2D eigenvalue weighted by Crippen LogP contribution is 2.17. The van der Waals surface area contributed by atoms with E-state index in [4.69, 9.17) is 0 Å². The van der Waals surface area contributed by atoms with E-state index < -0.39 is 0 Å². The highest BCUT2D eigenvalue weighted by molar-refractivity contribution is 7.07. The lowest BCUT2D eigenvalue weighted by atomic mass is 10.0. The van der Waals surface area contributed by atoms with Crippen molar-refractivity contribution >= 4 is 11.3 Å². The molecule has 19 heavy (non-hydrogen) atoms. The predicted octanol–water partition coefficient (Wildman–Crippen LogP) is 3.53. The van der Waals surface area contributed by atoms with E-state index in [1.165, 1.54) is 11.1 Å². The molecular formula is C16H22N2S. The summed E-state index contributed by atoms with van der Waals surface area (Å²) in [6.07, 6.45) is 1.13. The Kier molecular flexibility index (Phi) is 5.58. The van der Waals surface area contributed by atoms with Crippen molar-refractivity contribution in [3.8, 4) is 0 Å². The van der Waals surface area contributed by atoms with Crippen molar-refractivity contribution < 1.29 is 0 Å². The molecule has 0 saturated heterocycles. The van der Waals surface area contributed by atoms with Gasteiger partial charge >= 0.3 is 0 Å². The molecule has 1 atom stereocenters. The summed E-state index contributed by atoms with van der Waals surface area (Å²) in [4.78, 5) is 2.38.